The van der Waals surface area contributed by atoms with E-state index in [0.717, 1.165) is 23.4 Å². The Bertz CT molecular complexity index is 796. The molecule has 0 spiro atoms. The third kappa shape index (κ3) is 4.62. The van der Waals surface area contributed by atoms with E-state index in [4.69, 9.17) is 12.2 Å². The van der Waals surface area contributed by atoms with Gasteiger partial charge in [0.15, 0.2) is 5.11 Å². The fourth-order valence-corrected chi connectivity index (χ4v) is 4.38. The van der Waals surface area contributed by atoms with Gasteiger partial charge in [0.1, 0.15) is 0 Å². The Morgan fingerprint density at radius 1 is 1.23 bits per heavy atom. The van der Waals surface area contributed by atoms with Crippen molar-refractivity contribution >= 4 is 40.3 Å². The maximum Gasteiger partial charge on any atom is 0.279 e. The van der Waals surface area contributed by atoms with Crippen LogP contribution in [0.15, 0.2) is 30.3 Å². The van der Waals surface area contributed by atoms with Gasteiger partial charge in [0.25, 0.3) is 5.91 Å². The van der Waals surface area contributed by atoms with Gasteiger partial charge in [0, 0.05) is 10.6 Å². The van der Waals surface area contributed by atoms with Gasteiger partial charge >= 0.3 is 0 Å². The summed E-state index contributed by atoms with van der Waals surface area (Å²) in [5, 5.41) is 3.44. The number of thiocarbonyl (C=S) groups is 1. The highest BCUT2D eigenvalue weighted by Gasteiger charge is 2.20. The lowest BCUT2D eigenvalue weighted by Crippen LogP contribution is -2.43. The lowest BCUT2D eigenvalue weighted by atomic mass is 9.90. The molecule has 6 heteroatoms. The van der Waals surface area contributed by atoms with Crippen molar-refractivity contribution < 1.29 is 4.79 Å². The quantitative estimate of drug-likeness (QED) is 0.531. The van der Waals surface area contributed by atoms with Crippen LogP contribution in [-0.2, 0) is 12.8 Å². The van der Waals surface area contributed by atoms with Crippen LogP contribution in [0.1, 0.15) is 58.8 Å². The van der Waals surface area contributed by atoms with E-state index in [1.165, 1.54) is 22.4 Å². The molecule has 0 aliphatic heterocycles. The summed E-state index contributed by atoms with van der Waals surface area (Å²) in [6.45, 7) is 6.58. The molecule has 1 heterocycles. The Morgan fingerprint density at radius 3 is 2.65 bits per heavy atom. The van der Waals surface area contributed by atoms with Crippen LogP contribution in [0.25, 0.3) is 0 Å². The van der Waals surface area contributed by atoms with E-state index >= 15 is 0 Å². The van der Waals surface area contributed by atoms with Gasteiger partial charge in [-0.05, 0) is 72.6 Å². The van der Waals surface area contributed by atoms with E-state index in [-0.39, 0.29) is 5.91 Å². The molecule has 0 radical (unpaired) electrons. The Morgan fingerprint density at radius 2 is 1.96 bits per heavy atom. The van der Waals surface area contributed by atoms with Crippen molar-refractivity contribution in [1.29, 1.82) is 0 Å². The number of fused-ring (bicyclic) bond motifs is 1. The molecular formula is C20H25N3OS2. The van der Waals surface area contributed by atoms with Crippen molar-refractivity contribution in [2.75, 3.05) is 5.32 Å². The molecule has 1 aliphatic carbocycles. The third-order valence-corrected chi connectivity index (χ3v) is 6.12. The number of aryl methyl sites for hydroxylation is 1. The van der Waals surface area contributed by atoms with Gasteiger partial charge in [-0.3, -0.25) is 15.6 Å². The van der Waals surface area contributed by atoms with E-state index < -0.39 is 0 Å². The number of hydrogen-bond acceptors (Lipinski definition) is 3. The number of hydrazine groups is 1. The molecule has 3 N–H and O–H groups in total. The number of benzene rings is 1. The number of carbonyl (C=O) groups is 1. The van der Waals surface area contributed by atoms with Gasteiger partial charge in [0.05, 0.1) is 4.88 Å². The zero-order chi connectivity index (χ0) is 18.7. The summed E-state index contributed by atoms with van der Waals surface area (Å²) in [4.78, 5) is 14.5. The number of nitrogens with one attached hydrogen (secondary N) is 3. The van der Waals surface area contributed by atoms with Crippen LogP contribution in [0.5, 0.6) is 0 Å². The summed E-state index contributed by atoms with van der Waals surface area (Å²) < 4.78 is 0. The average Bonchev–Trinajstić information content (AvgIpc) is 3.03. The lowest BCUT2D eigenvalue weighted by molar-refractivity contribution is 0.0948. The lowest BCUT2D eigenvalue weighted by Gasteiger charge is -2.16. The van der Waals surface area contributed by atoms with E-state index in [9.17, 15) is 4.79 Å². The van der Waals surface area contributed by atoms with Gasteiger partial charge in [0.2, 0.25) is 0 Å². The first-order chi connectivity index (χ1) is 12.4. The van der Waals surface area contributed by atoms with Crippen LogP contribution < -0.4 is 16.2 Å². The maximum absolute atomic E-state index is 12.4. The molecule has 0 saturated heterocycles. The van der Waals surface area contributed by atoms with Gasteiger partial charge in [-0.2, -0.15) is 0 Å². The molecule has 0 unspecified atom stereocenters. The van der Waals surface area contributed by atoms with Crippen molar-refractivity contribution in [2.24, 2.45) is 5.92 Å². The number of amides is 1. The molecule has 138 valence electrons. The molecule has 1 aliphatic rings. The van der Waals surface area contributed by atoms with Gasteiger partial charge in [-0.25, -0.2) is 0 Å². The molecule has 26 heavy (non-hydrogen) atoms. The maximum atomic E-state index is 12.4. The monoisotopic (exact) mass is 387 g/mol. The Hall–Kier alpha value is -1.92. The predicted octanol–water partition coefficient (Wildman–Crippen LogP) is 4.63. The number of carbonyl (C=O) groups excluding carboxylic acids is 1. The van der Waals surface area contributed by atoms with E-state index in [2.05, 4.69) is 49.1 Å². The average molecular weight is 388 g/mol. The second-order valence-electron chi connectivity index (χ2n) is 7.22. The van der Waals surface area contributed by atoms with Crippen molar-refractivity contribution in [3.05, 3.63) is 51.2 Å². The van der Waals surface area contributed by atoms with Crippen LogP contribution in [0.3, 0.4) is 0 Å². The fraction of sp³-hybridized carbons (Fsp3) is 0.400. The zero-order valence-electron chi connectivity index (χ0n) is 15.4. The first-order valence-electron chi connectivity index (χ1n) is 9.01. The Balaban J connectivity index is 1.52. The minimum Gasteiger partial charge on any atom is -0.331 e. The summed E-state index contributed by atoms with van der Waals surface area (Å²) >= 11 is 6.85. The largest absolute Gasteiger partial charge is 0.331 e. The molecule has 1 aromatic heterocycles. The summed E-state index contributed by atoms with van der Waals surface area (Å²) in [6.07, 6.45) is 3.35. The smallest absolute Gasteiger partial charge is 0.279 e. The van der Waals surface area contributed by atoms with E-state index in [1.54, 1.807) is 11.3 Å². The third-order valence-electron chi connectivity index (χ3n) is 4.68. The zero-order valence-corrected chi connectivity index (χ0v) is 17.0. The normalized spacial score (nSPS) is 16.1. The molecule has 0 saturated carbocycles. The summed E-state index contributed by atoms with van der Waals surface area (Å²) in [6, 6.07) is 10.1. The van der Waals surface area contributed by atoms with E-state index in [0.29, 0.717) is 16.9 Å². The second-order valence-corrected chi connectivity index (χ2v) is 8.76. The van der Waals surface area contributed by atoms with Crippen LogP contribution in [0.2, 0.25) is 0 Å². The first-order valence-corrected chi connectivity index (χ1v) is 10.2. The van der Waals surface area contributed by atoms with Gasteiger partial charge in [-0.15, -0.1) is 11.3 Å². The minimum absolute atomic E-state index is 0.142. The van der Waals surface area contributed by atoms with Crippen molar-refractivity contribution in [1.82, 2.24) is 10.9 Å². The number of thiophene rings is 1. The number of anilines is 1. The Labute approximate surface area is 164 Å². The van der Waals surface area contributed by atoms with Crippen molar-refractivity contribution in [3.8, 4) is 0 Å². The van der Waals surface area contributed by atoms with Gasteiger partial charge in [-0.1, -0.05) is 32.9 Å². The summed E-state index contributed by atoms with van der Waals surface area (Å²) in [7, 11) is 0. The minimum atomic E-state index is -0.142. The van der Waals surface area contributed by atoms with Crippen LogP contribution in [0, 0.1) is 5.92 Å². The Kier molecular flexibility index (Phi) is 5.94. The highest BCUT2D eigenvalue weighted by molar-refractivity contribution is 7.80. The highest BCUT2D eigenvalue weighted by Crippen LogP contribution is 2.32. The molecular weight excluding hydrogens is 362 g/mol. The standard InChI is InChI=1S/C20H25N3OS2/c1-12(2)14-5-7-16(8-6-14)21-20(25)23-22-19(24)18-11-15-10-13(3)4-9-17(15)26-18/h5-8,11-13H,4,9-10H2,1-3H3,(H,22,24)(H2,21,23,25)/t13-/m0/s1. The van der Waals surface area contributed by atoms with Crippen LogP contribution in [0.4, 0.5) is 5.69 Å². The topological polar surface area (TPSA) is 53.2 Å². The van der Waals surface area contributed by atoms with E-state index in [1.807, 2.05) is 18.2 Å². The molecule has 1 atom stereocenters. The molecule has 1 amide bonds. The summed E-state index contributed by atoms with van der Waals surface area (Å²) in [5.41, 5.74) is 8.96. The number of rotatable bonds is 3. The first kappa shape index (κ1) is 18.9. The molecule has 3 rings (SSSR count). The predicted molar refractivity (Wildman–Crippen MR) is 113 cm³/mol. The highest BCUT2D eigenvalue weighted by atomic mass is 32.1. The SMILES string of the molecule is CC(C)c1ccc(NC(=S)NNC(=O)c2cc3c(s2)CC[C@H](C)C3)cc1. The fourth-order valence-electron chi connectivity index (χ4n) is 3.11. The van der Waals surface area contributed by atoms with Gasteiger partial charge < -0.3 is 5.32 Å². The second kappa shape index (κ2) is 8.18. The molecule has 4 nitrogen and oxygen atoms in total. The molecule has 1 aromatic carbocycles. The van der Waals surface area contributed by atoms with Crippen LogP contribution in [-0.4, -0.2) is 11.0 Å². The summed E-state index contributed by atoms with van der Waals surface area (Å²) in [5.74, 6) is 1.05. The number of hydrogen-bond donors (Lipinski definition) is 3. The van der Waals surface area contributed by atoms with Crippen molar-refractivity contribution in [3.63, 3.8) is 0 Å². The molecule has 2 aromatic rings. The van der Waals surface area contributed by atoms with Crippen molar-refractivity contribution in [2.45, 2.75) is 46.0 Å². The molecule has 0 fully saturated rings. The van der Waals surface area contributed by atoms with Crippen LogP contribution >= 0.6 is 23.6 Å². The molecule has 0 bridgehead atoms.